The van der Waals surface area contributed by atoms with Gasteiger partial charge in [0.05, 0.1) is 12.0 Å². The minimum atomic E-state index is -3.57. The summed E-state index contributed by atoms with van der Waals surface area (Å²) in [6, 6.07) is 5.51. The van der Waals surface area contributed by atoms with Gasteiger partial charge in [0.15, 0.2) is 0 Å². The quantitative estimate of drug-likeness (QED) is 0.781. The van der Waals surface area contributed by atoms with Gasteiger partial charge in [0.25, 0.3) is 0 Å². The topological polar surface area (TPSA) is 58.6 Å². The Morgan fingerprint density at radius 2 is 1.88 bits per heavy atom. The molecule has 1 fully saturated rings. The van der Waals surface area contributed by atoms with Crippen LogP contribution in [-0.2, 0) is 10.0 Å². The molecule has 1 aromatic carbocycles. The van der Waals surface area contributed by atoms with Crippen molar-refractivity contribution in [1.82, 2.24) is 9.62 Å². The van der Waals surface area contributed by atoms with Gasteiger partial charge < -0.3 is 4.74 Å². The van der Waals surface area contributed by atoms with Gasteiger partial charge in [-0.05, 0) is 85.4 Å². The van der Waals surface area contributed by atoms with E-state index in [9.17, 15) is 8.42 Å². The Hall–Kier alpha value is -1.41. The number of hydrogen-bond acceptors (Lipinski definition) is 5. The predicted octanol–water partition coefficient (Wildman–Crippen LogP) is 3.49. The lowest BCUT2D eigenvalue weighted by atomic mass is 10.1. The molecule has 0 spiro atoms. The van der Waals surface area contributed by atoms with Crippen molar-refractivity contribution in [3.05, 3.63) is 45.6 Å². The standard InChI is InChI=1S/C19H26N2O3S2/c1-14-10-17(11-15(2)19(14)24-3)26(22,23)20-12-18(16-6-9-25-13-16)21-7-4-5-8-21/h6,9-11,13,18,20H,4-5,7-8,12H2,1-3H3/t18-/m1/s1. The van der Waals surface area contributed by atoms with Crippen LogP contribution < -0.4 is 9.46 Å². The molecule has 1 aromatic heterocycles. The number of nitrogens with one attached hydrogen (secondary N) is 1. The molecule has 0 radical (unpaired) electrons. The number of rotatable bonds is 7. The molecule has 3 rings (SSSR count). The molecule has 0 unspecified atom stereocenters. The number of likely N-dealkylation sites (tertiary alicyclic amines) is 1. The van der Waals surface area contributed by atoms with Gasteiger partial charge in [-0.1, -0.05) is 0 Å². The number of hydrogen-bond donors (Lipinski definition) is 1. The van der Waals surface area contributed by atoms with E-state index in [1.54, 1.807) is 30.6 Å². The molecule has 1 saturated heterocycles. The number of methoxy groups -OCH3 is 1. The zero-order valence-corrected chi connectivity index (χ0v) is 17.1. The summed E-state index contributed by atoms with van der Waals surface area (Å²) < 4.78 is 33.9. The maximum atomic E-state index is 12.9. The average molecular weight is 395 g/mol. The molecule has 2 heterocycles. The summed E-state index contributed by atoms with van der Waals surface area (Å²) >= 11 is 1.65. The number of sulfonamides is 1. The average Bonchev–Trinajstić information content (AvgIpc) is 3.28. The van der Waals surface area contributed by atoms with E-state index < -0.39 is 10.0 Å². The molecule has 1 aliphatic rings. The SMILES string of the molecule is COc1c(C)cc(S(=O)(=O)NC[C@H](c2ccsc2)N2CCCC2)cc1C. The van der Waals surface area contributed by atoms with Crippen molar-refractivity contribution in [2.75, 3.05) is 26.7 Å². The minimum Gasteiger partial charge on any atom is -0.496 e. The van der Waals surface area contributed by atoms with Gasteiger partial charge in [-0.2, -0.15) is 11.3 Å². The summed E-state index contributed by atoms with van der Waals surface area (Å²) in [5, 5.41) is 4.15. The lowest BCUT2D eigenvalue weighted by Gasteiger charge is -2.27. The molecule has 0 saturated carbocycles. The molecule has 142 valence electrons. The van der Waals surface area contributed by atoms with Gasteiger partial charge in [-0.25, -0.2) is 13.1 Å². The second-order valence-electron chi connectivity index (χ2n) is 6.76. The van der Waals surface area contributed by atoms with Gasteiger partial charge in [0.1, 0.15) is 5.75 Å². The van der Waals surface area contributed by atoms with Crippen molar-refractivity contribution >= 4 is 21.4 Å². The number of benzene rings is 1. The summed E-state index contributed by atoms with van der Waals surface area (Å²) in [7, 11) is -1.97. The Kier molecular flexibility index (Phi) is 6.02. The molecule has 0 bridgehead atoms. The van der Waals surface area contributed by atoms with Crippen molar-refractivity contribution in [2.45, 2.75) is 37.6 Å². The van der Waals surface area contributed by atoms with Gasteiger partial charge in [0, 0.05) is 12.6 Å². The zero-order chi connectivity index (χ0) is 18.7. The second-order valence-corrected chi connectivity index (χ2v) is 9.30. The lowest BCUT2D eigenvalue weighted by molar-refractivity contribution is 0.247. The molecule has 7 heteroatoms. The molecule has 0 amide bonds. The smallest absolute Gasteiger partial charge is 0.240 e. The Morgan fingerprint density at radius 3 is 2.42 bits per heavy atom. The molecular formula is C19H26N2O3S2. The second kappa shape index (κ2) is 8.08. The van der Waals surface area contributed by atoms with Gasteiger partial charge >= 0.3 is 0 Å². The molecule has 1 atom stereocenters. The maximum absolute atomic E-state index is 12.9. The van der Waals surface area contributed by atoms with Crippen LogP contribution in [0.15, 0.2) is 33.9 Å². The predicted molar refractivity (Wildman–Crippen MR) is 106 cm³/mol. The van der Waals surface area contributed by atoms with Crippen LogP contribution in [0.3, 0.4) is 0 Å². The Bertz CT molecular complexity index is 819. The highest BCUT2D eigenvalue weighted by Gasteiger charge is 2.26. The summed E-state index contributed by atoms with van der Waals surface area (Å²) in [4.78, 5) is 2.66. The van der Waals surface area contributed by atoms with Crippen LogP contribution in [0.1, 0.15) is 35.6 Å². The van der Waals surface area contributed by atoms with E-state index in [2.05, 4.69) is 21.1 Å². The van der Waals surface area contributed by atoms with Crippen LogP contribution in [-0.4, -0.2) is 40.1 Å². The zero-order valence-electron chi connectivity index (χ0n) is 15.5. The van der Waals surface area contributed by atoms with Crippen LogP contribution in [0.2, 0.25) is 0 Å². The van der Waals surface area contributed by atoms with E-state index >= 15 is 0 Å². The molecule has 5 nitrogen and oxygen atoms in total. The summed E-state index contributed by atoms with van der Waals surface area (Å²) in [5.41, 5.74) is 2.82. The molecular weight excluding hydrogens is 368 g/mol. The third-order valence-corrected chi connectivity index (χ3v) is 7.03. The number of nitrogens with zero attached hydrogens (tertiary/aromatic N) is 1. The highest BCUT2D eigenvalue weighted by atomic mass is 32.2. The summed E-state index contributed by atoms with van der Waals surface area (Å²) in [5.74, 6) is 0.733. The first-order valence-electron chi connectivity index (χ1n) is 8.83. The van der Waals surface area contributed by atoms with E-state index in [1.807, 2.05) is 19.2 Å². The highest BCUT2D eigenvalue weighted by Crippen LogP contribution is 2.28. The first-order chi connectivity index (χ1) is 12.4. The van der Waals surface area contributed by atoms with Crippen LogP contribution in [0.25, 0.3) is 0 Å². The van der Waals surface area contributed by atoms with Crippen molar-refractivity contribution in [2.24, 2.45) is 0 Å². The van der Waals surface area contributed by atoms with Crippen molar-refractivity contribution in [1.29, 1.82) is 0 Å². The van der Waals surface area contributed by atoms with Gasteiger partial charge in [0.2, 0.25) is 10.0 Å². The van der Waals surface area contributed by atoms with Crippen LogP contribution in [0, 0.1) is 13.8 Å². The van der Waals surface area contributed by atoms with Crippen molar-refractivity contribution in [3.63, 3.8) is 0 Å². The maximum Gasteiger partial charge on any atom is 0.240 e. The number of ether oxygens (including phenoxy) is 1. The first-order valence-corrected chi connectivity index (χ1v) is 11.3. The fraction of sp³-hybridized carbons (Fsp3) is 0.474. The largest absolute Gasteiger partial charge is 0.496 e. The Morgan fingerprint density at radius 1 is 1.23 bits per heavy atom. The first kappa shape index (κ1) is 19.4. The number of thiophene rings is 1. The Labute approximate surface area is 160 Å². The molecule has 1 N–H and O–H groups in total. The molecule has 1 aliphatic heterocycles. The van der Waals surface area contributed by atoms with Crippen LogP contribution in [0.5, 0.6) is 5.75 Å². The van der Waals surface area contributed by atoms with Crippen LogP contribution >= 0.6 is 11.3 Å². The third kappa shape index (κ3) is 4.11. The van der Waals surface area contributed by atoms with E-state index in [-0.39, 0.29) is 6.04 Å². The van der Waals surface area contributed by atoms with E-state index in [0.717, 1.165) is 30.0 Å². The van der Waals surface area contributed by atoms with E-state index in [1.165, 1.54) is 18.4 Å². The van der Waals surface area contributed by atoms with Crippen LogP contribution in [0.4, 0.5) is 0 Å². The third-order valence-electron chi connectivity index (χ3n) is 4.92. The van der Waals surface area contributed by atoms with Crippen molar-refractivity contribution < 1.29 is 13.2 Å². The van der Waals surface area contributed by atoms with E-state index in [4.69, 9.17) is 4.74 Å². The molecule has 26 heavy (non-hydrogen) atoms. The Balaban J connectivity index is 1.80. The summed E-state index contributed by atoms with van der Waals surface area (Å²) in [6.07, 6.45) is 2.34. The molecule has 2 aromatic rings. The normalized spacial score (nSPS) is 16.7. The highest BCUT2D eigenvalue weighted by molar-refractivity contribution is 7.89. The minimum absolute atomic E-state index is 0.0824. The van der Waals surface area contributed by atoms with E-state index in [0.29, 0.717) is 11.4 Å². The number of aryl methyl sites for hydroxylation is 2. The fourth-order valence-corrected chi connectivity index (χ4v) is 5.55. The van der Waals surface area contributed by atoms with Crippen molar-refractivity contribution in [3.8, 4) is 5.75 Å². The monoisotopic (exact) mass is 394 g/mol. The van der Waals surface area contributed by atoms with Gasteiger partial charge in [-0.15, -0.1) is 0 Å². The van der Waals surface area contributed by atoms with Gasteiger partial charge in [-0.3, -0.25) is 4.90 Å². The lowest BCUT2D eigenvalue weighted by Crippen LogP contribution is -2.36. The fourth-order valence-electron chi connectivity index (χ4n) is 3.64. The summed E-state index contributed by atoms with van der Waals surface area (Å²) in [6.45, 7) is 6.14. The molecule has 0 aliphatic carbocycles.